The van der Waals surface area contributed by atoms with Gasteiger partial charge in [-0.05, 0) is 75.8 Å². The van der Waals surface area contributed by atoms with Crippen molar-refractivity contribution in [1.82, 2.24) is 4.90 Å². The van der Waals surface area contributed by atoms with Crippen LogP contribution in [-0.4, -0.2) is 30.3 Å². The number of ketones is 1. The van der Waals surface area contributed by atoms with E-state index >= 15 is 0 Å². The van der Waals surface area contributed by atoms with E-state index in [1.807, 2.05) is 0 Å². The molecule has 0 N–H and O–H groups in total. The highest BCUT2D eigenvalue weighted by Crippen LogP contribution is 2.58. The van der Waals surface area contributed by atoms with Crippen molar-refractivity contribution in [3.63, 3.8) is 0 Å². The van der Waals surface area contributed by atoms with Gasteiger partial charge in [0.25, 0.3) is 0 Å². The molecular weight excluding hydrogens is 234 g/mol. The van der Waals surface area contributed by atoms with Gasteiger partial charge in [-0.1, -0.05) is 12.8 Å². The van der Waals surface area contributed by atoms with Crippen molar-refractivity contribution in [2.45, 2.75) is 57.8 Å². The van der Waals surface area contributed by atoms with Crippen molar-refractivity contribution in [2.24, 2.45) is 23.2 Å². The van der Waals surface area contributed by atoms with Gasteiger partial charge in [0, 0.05) is 5.41 Å². The molecule has 5 aliphatic rings. The Hall–Kier alpha value is -0.370. The third-order valence-electron chi connectivity index (χ3n) is 6.51. The Kier molecular flexibility index (Phi) is 2.98. The zero-order valence-corrected chi connectivity index (χ0v) is 12.1. The van der Waals surface area contributed by atoms with E-state index in [1.165, 1.54) is 57.8 Å². The molecule has 4 bridgehead atoms. The molecule has 1 heterocycles. The Balaban J connectivity index is 1.53. The summed E-state index contributed by atoms with van der Waals surface area (Å²) >= 11 is 0. The van der Waals surface area contributed by atoms with E-state index in [9.17, 15) is 4.79 Å². The quantitative estimate of drug-likeness (QED) is 0.777. The van der Waals surface area contributed by atoms with Crippen LogP contribution in [0.1, 0.15) is 57.8 Å². The summed E-state index contributed by atoms with van der Waals surface area (Å²) < 4.78 is 0. The van der Waals surface area contributed by atoms with E-state index < -0.39 is 0 Å². The second kappa shape index (κ2) is 4.58. The third-order valence-corrected chi connectivity index (χ3v) is 6.51. The summed E-state index contributed by atoms with van der Waals surface area (Å²) in [6.45, 7) is 3.10. The van der Waals surface area contributed by atoms with E-state index in [0.717, 1.165) is 37.4 Å². The van der Waals surface area contributed by atoms with Crippen LogP contribution in [0, 0.1) is 23.2 Å². The zero-order valence-electron chi connectivity index (χ0n) is 12.1. The minimum absolute atomic E-state index is 0.121. The van der Waals surface area contributed by atoms with E-state index in [4.69, 9.17) is 0 Å². The molecular formula is C17H27NO. The van der Waals surface area contributed by atoms with E-state index in [2.05, 4.69) is 4.90 Å². The number of carbonyl (C=O) groups excluding carboxylic acids is 1. The van der Waals surface area contributed by atoms with Gasteiger partial charge in [-0.2, -0.15) is 0 Å². The molecule has 0 aromatic carbocycles. The second-order valence-corrected chi connectivity index (χ2v) is 7.95. The number of hydrogen-bond acceptors (Lipinski definition) is 2. The van der Waals surface area contributed by atoms with E-state index in [1.54, 1.807) is 0 Å². The Bertz CT molecular complexity index is 355. The summed E-state index contributed by atoms with van der Waals surface area (Å²) in [5.41, 5.74) is 0.121. The van der Waals surface area contributed by atoms with Gasteiger partial charge in [-0.3, -0.25) is 9.69 Å². The van der Waals surface area contributed by atoms with Crippen LogP contribution in [0.25, 0.3) is 0 Å². The monoisotopic (exact) mass is 261 g/mol. The molecule has 1 aliphatic heterocycles. The Morgan fingerprint density at radius 2 is 1.53 bits per heavy atom. The normalized spacial score (nSPS) is 45.6. The smallest absolute Gasteiger partial charge is 0.152 e. The number of nitrogens with zero attached hydrogens (tertiary/aromatic N) is 1. The first kappa shape index (κ1) is 12.4. The fourth-order valence-corrected chi connectivity index (χ4v) is 5.84. The highest BCUT2D eigenvalue weighted by molar-refractivity contribution is 5.87. The zero-order chi connectivity index (χ0) is 12.9. The van der Waals surface area contributed by atoms with Crippen molar-refractivity contribution < 1.29 is 4.79 Å². The highest BCUT2D eigenvalue weighted by atomic mass is 16.1. The Labute approximate surface area is 116 Å². The maximum atomic E-state index is 13.0. The first-order valence-corrected chi connectivity index (χ1v) is 8.49. The summed E-state index contributed by atoms with van der Waals surface area (Å²) in [5, 5.41) is 0. The molecule has 4 saturated carbocycles. The molecule has 2 heteroatoms. The topological polar surface area (TPSA) is 20.3 Å². The van der Waals surface area contributed by atoms with Crippen LogP contribution in [0.15, 0.2) is 0 Å². The maximum absolute atomic E-state index is 13.0. The fourth-order valence-electron chi connectivity index (χ4n) is 5.84. The molecule has 4 aliphatic carbocycles. The van der Waals surface area contributed by atoms with Crippen molar-refractivity contribution >= 4 is 5.78 Å². The van der Waals surface area contributed by atoms with Crippen molar-refractivity contribution in [1.29, 1.82) is 0 Å². The molecule has 2 unspecified atom stereocenters. The second-order valence-electron chi connectivity index (χ2n) is 7.95. The van der Waals surface area contributed by atoms with Crippen LogP contribution in [0.3, 0.4) is 0 Å². The van der Waals surface area contributed by atoms with Gasteiger partial charge in [-0.15, -0.1) is 0 Å². The first-order chi connectivity index (χ1) is 9.23. The number of fused-ring (bicyclic) bond motifs is 1. The van der Waals surface area contributed by atoms with Crippen LogP contribution in [0.5, 0.6) is 0 Å². The van der Waals surface area contributed by atoms with Crippen LogP contribution in [0.4, 0.5) is 0 Å². The maximum Gasteiger partial charge on any atom is 0.152 e. The van der Waals surface area contributed by atoms with Crippen molar-refractivity contribution in [3.8, 4) is 0 Å². The van der Waals surface area contributed by atoms with Gasteiger partial charge in [0.1, 0.15) is 0 Å². The summed E-state index contributed by atoms with van der Waals surface area (Å²) in [7, 11) is 0. The largest absolute Gasteiger partial charge is 0.298 e. The summed E-state index contributed by atoms with van der Waals surface area (Å²) in [6.07, 6.45) is 12.0. The van der Waals surface area contributed by atoms with Crippen LogP contribution in [-0.2, 0) is 4.79 Å². The van der Waals surface area contributed by atoms with Gasteiger partial charge in [0.05, 0.1) is 6.54 Å². The predicted molar refractivity (Wildman–Crippen MR) is 75.9 cm³/mol. The molecule has 0 amide bonds. The minimum atomic E-state index is 0.121. The van der Waals surface area contributed by atoms with Crippen LogP contribution in [0.2, 0.25) is 0 Å². The van der Waals surface area contributed by atoms with Gasteiger partial charge < -0.3 is 0 Å². The average molecular weight is 261 g/mol. The van der Waals surface area contributed by atoms with Crippen molar-refractivity contribution in [2.75, 3.05) is 19.6 Å². The molecule has 2 nitrogen and oxygen atoms in total. The van der Waals surface area contributed by atoms with Gasteiger partial charge in [0.2, 0.25) is 0 Å². The SMILES string of the molecule is O=C(CN1CCCC1)C12CC3C[C@@H](CC[C@@H](C3)C1)C2. The lowest BCUT2D eigenvalue weighted by molar-refractivity contribution is -0.137. The summed E-state index contributed by atoms with van der Waals surface area (Å²) in [6, 6.07) is 0. The number of Topliss-reactive ketones (excluding diaryl/α,β-unsaturated/α-hetero) is 1. The number of hydrogen-bond donors (Lipinski definition) is 0. The number of rotatable bonds is 3. The van der Waals surface area contributed by atoms with Crippen LogP contribution >= 0.6 is 0 Å². The standard InChI is InChI=1S/C17H27NO/c19-16(12-18-5-1-2-6-18)17-9-13-3-4-14(10-17)8-15(7-13)11-17/h13-15H,1-12H2/t13-,14+,15?,17?. The first-order valence-electron chi connectivity index (χ1n) is 8.49. The summed E-state index contributed by atoms with van der Waals surface area (Å²) in [5.74, 6) is 3.28. The molecule has 106 valence electrons. The number of carbonyl (C=O) groups is 1. The van der Waals surface area contributed by atoms with E-state index in [-0.39, 0.29) is 5.41 Å². The summed E-state index contributed by atoms with van der Waals surface area (Å²) in [4.78, 5) is 15.4. The highest BCUT2D eigenvalue weighted by Gasteiger charge is 2.52. The van der Waals surface area contributed by atoms with Crippen molar-refractivity contribution in [3.05, 3.63) is 0 Å². The van der Waals surface area contributed by atoms with E-state index in [0.29, 0.717) is 5.78 Å². The van der Waals surface area contributed by atoms with Crippen LogP contribution < -0.4 is 0 Å². The fraction of sp³-hybridized carbons (Fsp3) is 0.941. The molecule has 5 fully saturated rings. The number of likely N-dealkylation sites (tertiary alicyclic amines) is 1. The molecule has 0 aromatic heterocycles. The molecule has 0 aromatic rings. The lowest BCUT2D eigenvalue weighted by Crippen LogP contribution is -2.47. The van der Waals surface area contributed by atoms with Gasteiger partial charge in [0.15, 0.2) is 5.78 Å². The van der Waals surface area contributed by atoms with Gasteiger partial charge >= 0.3 is 0 Å². The molecule has 0 spiro atoms. The molecule has 5 rings (SSSR count). The Morgan fingerprint density at radius 3 is 2.16 bits per heavy atom. The third kappa shape index (κ3) is 2.16. The minimum Gasteiger partial charge on any atom is -0.298 e. The predicted octanol–water partition coefficient (Wildman–Crippen LogP) is 3.26. The lowest BCUT2D eigenvalue weighted by Gasteiger charge is -2.47. The lowest BCUT2D eigenvalue weighted by atomic mass is 9.57. The average Bonchev–Trinajstić information content (AvgIpc) is 2.79. The molecule has 4 atom stereocenters. The Morgan fingerprint density at radius 1 is 0.947 bits per heavy atom. The molecule has 0 radical (unpaired) electrons. The molecule has 1 saturated heterocycles. The molecule has 19 heavy (non-hydrogen) atoms. The van der Waals surface area contributed by atoms with Gasteiger partial charge in [-0.25, -0.2) is 0 Å².